The Morgan fingerprint density at radius 2 is 2.44 bits per heavy atom. The van der Waals surface area contributed by atoms with Gasteiger partial charge in [0.2, 0.25) is 0 Å². The highest BCUT2D eigenvalue weighted by Gasteiger charge is 1.99. The maximum atomic E-state index is 8.89. The van der Waals surface area contributed by atoms with Crippen molar-refractivity contribution in [3.05, 3.63) is 12.3 Å². The maximum absolute atomic E-state index is 8.89. The molecule has 0 spiro atoms. The summed E-state index contributed by atoms with van der Waals surface area (Å²) >= 11 is 3.11. The van der Waals surface area contributed by atoms with Crippen LogP contribution in [0, 0.1) is 0 Å². The lowest BCUT2D eigenvalue weighted by atomic mass is 10.4. The summed E-state index contributed by atoms with van der Waals surface area (Å²) in [4.78, 5) is 0. The molecule has 0 radical (unpaired) electrons. The lowest BCUT2D eigenvalue weighted by Gasteiger charge is -2.07. The molecular weight excluding hydrogens is 184 g/mol. The van der Waals surface area contributed by atoms with Gasteiger partial charge in [-0.25, -0.2) is 0 Å². The molecule has 9 heavy (non-hydrogen) atoms. The maximum Gasteiger partial charge on any atom is 0.114 e. The van der Waals surface area contributed by atoms with E-state index in [0.29, 0.717) is 17.7 Å². The van der Waals surface area contributed by atoms with Crippen LogP contribution in [0.1, 0.15) is 6.92 Å². The average Bonchev–Trinajstić information content (AvgIpc) is 1.83. The Bertz CT molecular complexity index is 93.1. The van der Waals surface area contributed by atoms with Crippen LogP contribution in [0.2, 0.25) is 0 Å². The predicted molar refractivity (Wildman–Crippen MR) is 40.6 cm³/mol. The minimum absolute atomic E-state index is 0.320. The molecule has 1 unspecified atom stereocenters. The van der Waals surface area contributed by atoms with Crippen molar-refractivity contribution in [2.45, 2.75) is 13.0 Å². The third kappa shape index (κ3) is 5.86. The zero-order valence-corrected chi connectivity index (χ0v) is 7.02. The molecule has 2 nitrogen and oxygen atoms in total. The summed E-state index contributed by atoms with van der Waals surface area (Å²) in [6.07, 6.45) is -0.429. The Morgan fingerprint density at radius 3 is 2.78 bits per heavy atom. The van der Waals surface area contributed by atoms with Gasteiger partial charge in [0.1, 0.15) is 6.61 Å². The molecule has 0 saturated heterocycles. The molecular formula is C6H11BrO2. The van der Waals surface area contributed by atoms with Gasteiger partial charge in [-0.05, 0) is 6.92 Å². The molecule has 0 aromatic carbocycles. The number of hydrogen-bond acceptors (Lipinski definition) is 2. The van der Waals surface area contributed by atoms with Gasteiger partial charge in [-0.2, -0.15) is 0 Å². The first-order chi connectivity index (χ1) is 4.16. The molecule has 1 atom stereocenters. The van der Waals surface area contributed by atoms with Gasteiger partial charge in [0.15, 0.2) is 0 Å². The zero-order chi connectivity index (χ0) is 7.28. The van der Waals surface area contributed by atoms with Crippen molar-refractivity contribution >= 4 is 15.9 Å². The lowest BCUT2D eigenvalue weighted by Crippen LogP contribution is -2.15. The van der Waals surface area contributed by atoms with Crippen LogP contribution < -0.4 is 0 Å². The average molecular weight is 195 g/mol. The zero-order valence-electron chi connectivity index (χ0n) is 5.43. The van der Waals surface area contributed by atoms with Crippen molar-refractivity contribution in [3.63, 3.8) is 0 Å². The molecule has 0 aliphatic carbocycles. The van der Waals surface area contributed by atoms with E-state index in [9.17, 15) is 0 Å². The second kappa shape index (κ2) is 4.82. The molecule has 0 saturated carbocycles. The quantitative estimate of drug-likeness (QED) is 0.541. The molecule has 0 rings (SSSR count). The number of aliphatic hydroxyl groups is 1. The largest absolute Gasteiger partial charge is 0.496 e. The van der Waals surface area contributed by atoms with Gasteiger partial charge in [0.05, 0.1) is 11.9 Å². The molecule has 54 valence electrons. The number of alkyl halides is 1. The summed E-state index contributed by atoms with van der Waals surface area (Å²) in [5.74, 6) is 0.634. The van der Waals surface area contributed by atoms with E-state index < -0.39 is 6.10 Å². The molecule has 0 bridgehead atoms. The molecule has 0 aromatic heterocycles. The molecule has 0 aliphatic rings. The van der Waals surface area contributed by atoms with Crippen LogP contribution in [-0.2, 0) is 4.74 Å². The Labute approximate surface area is 63.6 Å². The number of halogens is 1. The van der Waals surface area contributed by atoms with Crippen LogP contribution in [-0.4, -0.2) is 23.1 Å². The summed E-state index contributed by atoms with van der Waals surface area (Å²) < 4.78 is 4.92. The highest BCUT2D eigenvalue weighted by Crippen LogP contribution is 1.95. The lowest BCUT2D eigenvalue weighted by molar-refractivity contribution is 0.0887. The second-order valence-corrected chi connectivity index (χ2v) is 2.47. The Hall–Kier alpha value is -0.0200. The van der Waals surface area contributed by atoms with E-state index >= 15 is 0 Å². The van der Waals surface area contributed by atoms with Crippen molar-refractivity contribution in [1.82, 2.24) is 0 Å². The van der Waals surface area contributed by atoms with Gasteiger partial charge in [0.25, 0.3) is 0 Å². The topological polar surface area (TPSA) is 29.5 Å². The third-order valence-corrected chi connectivity index (χ3v) is 1.45. The standard InChI is InChI=1S/C6H11BrO2/c1-5(2)9-4-6(8)3-7/h6,8H,1,3-4H2,2H3. The minimum Gasteiger partial charge on any atom is -0.496 e. The van der Waals surface area contributed by atoms with Crippen molar-refractivity contribution in [2.24, 2.45) is 0 Å². The van der Waals surface area contributed by atoms with E-state index in [1.807, 2.05) is 0 Å². The van der Waals surface area contributed by atoms with Gasteiger partial charge < -0.3 is 9.84 Å². The summed E-state index contributed by atoms with van der Waals surface area (Å²) in [5.41, 5.74) is 0. The van der Waals surface area contributed by atoms with Gasteiger partial charge in [-0.15, -0.1) is 0 Å². The minimum atomic E-state index is -0.429. The fourth-order valence-electron chi connectivity index (χ4n) is 0.283. The van der Waals surface area contributed by atoms with Crippen LogP contribution >= 0.6 is 15.9 Å². The van der Waals surface area contributed by atoms with Crippen molar-refractivity contribution in [2.75, 3.05) is 11.9 Å². The van der Waals surface area contributed by atoms with Crippen LogP contribution in [0.4, 0.5) is 0 Å². The summed E-state index contributed by atoms with van der Waals surface area (Å²) in [5, 5.41) is 9.44. The fraction of sp³-hybridized carbons (Fsp3) is 0.667. The van der Waals surface area contributed by atoms with Crippen LogP contribution in [0.15, 0.2) is 12.3 Å². The van der Waals surface area contributed by atoms with Crippen molar-refractivity contribution in [1.29, 1.82) is 0 Å². The Balaban J connectivity index is 3.16. The fourth-order valence-corrected chi connectivity index (χ4v) is 0.470. The van der Waals surface area contributed by atoms with Gasteiger partial charge >= 0.3 is 0 Å². The van der Waals surface area contributed by atoms with E-state index in [1.54, 1.807) is 6.92 Å². The number of allylic oxidation sites excluding steroid dienone is 1. The van der Waals surface area contributed by atoms with E-state index in [2.05, 4.69) is 22.5 Å². The van der Waals surface area contributed by atoms with Crippen molar-refractivity contribution < 1.29 is 9.84 Å². The molecule has 3 heteroatoms. The third-order valence-electron chi connectivity index (χ3n) is 0.700. The van der Waals surface area contributed by atoms with Crippen LogP contribution in [0.5, 0.6) is 0 Å². The number of aliphatic hydroxyl groups excluding tert-OH is 1. The highest BCUT2D eigenvalue weighted by atomic mass is 79.9. The van der Waals surface area contributed by atoms with Crippen molar-refractivity contribution in [3.8, 4) is 0 Å². The monoisotopic (exact) mass is 194 g/mol. The molecule has 1 N–H and O–H groups in total. The van der Waals surface area contributed by atoms with E-state index in [-0.39, 0.29) is 0 Å². The normalized spacial score (nSPS) is 12.8. The SMILES string of the molecule is C=C(C)OCC(O)CBr. The van der Waals surface area contributed by atoms with Gasteiger partial charge in [0, 0.05) is 5.33 Å². The first kappa shape index (κ1) is 8.98. The highest BCUT2D eigenvalue weighted by molar-refractivity contribution is 9.09. The van der Waals surface area contributed by atoms with Crippen LogP contribution in [0.3, 0.4) is 0 Å². The molecule has 0 fully saturated rings. The molecule has 0 aromatic rings. The molecule has 0 heterocycles. The molecule has 0 aliphatic heterocycles. The Morgan fingerprint density at radius 1 is 1.89 bits per heavy atom. The second-order valence-electron chi connectivity index (χ2n) is 1.82. The van der Waals surface area contributed by atoms with Gasteiger partial charge in [-0.3, -0.25) is 0 Å². The number of rotatable bonds is 4. The Kier molecular flexibility index (Phi) is 4.81. The first-order valence-corrected chi connectivity index (χ1v) is 3.81. The van der Waals surface area contributed by atoms with E-state index in [1.165, 1.54) is 0 Å². The number of ether oxygens (including phenoxy) is 1. The predicted octanol–water partition coefficient (Wildman–Crippen LogP) is 1.29. The summed E-state index contributed by atoms with van der Waals surface area (Å²) in [6, 6.07) is 0. The van der Waals surface area contributed by atoms with E-state index in [4.69, 9.17) is 9.84 Å². The summed E-state index contributed by atoms with van der Waals surface area (Å²) in [7, 11) is 0. The first-order valence-electron chi connectivity index (χ1n) is 2.69. The van der Waals surface area contributed by atoms with E-state index in [0.717, 1.165) is 0 Å². The van der Waals surface area contributed by atoms with Gasteiger partial charge in [-0.1, -0.05) is 22.5 Å². The van der Waals surface area contributed by atoms with Crippen LogP contribution in [0.25, 0.3) is 0 Å². The number of hydrogen-bond donors (Lipinski definition) is 1. The molecule has 0 amide bonds. The smallest absolute Gasteiger partial charge is 0.114 e. The summed E-state index contributed by atoms with van der Waals surface area (Å²) in [6.45, 7) is 5.58.